The van der Waals surface area contributed by atoms with Crippen LogP contribution in [0.1, 0.15) is 31.7 Å². The molecule has 0 heterocycles. The minimum atomic E-state index is -1.00. The molecule has 0 bridgehead atoms. The minimum Gasteiger partial charge on any atom is -0.480 e. The standard InChI is InChI=1S/C18H21NO3/c1-2-3-11-17(20)19-16(18(21)22)12-14-9-6-8-13-7-4-5-10-15(13)14/h4-10,16H,2-3,11-12H2,1H3,(H,19,20)(H,21,22). The molecule has 0 radical (unpaired) electrons. The van der Waals surface area contributed by atoms with Gasteiger partial charge in [-0.05, 0) is 22.8 Å². The molecule has 0 aliphatic rings. The van der Waals surface area contributed by atoms with Gasteiger partial charge in [0.2, 0.25) is 5.91 Å². The van der Waals surface area contributed by atoms with E-state index in [4.69, 9.17) is 0 Å². The molecule has 2 aromatic rings. The molecule has 0 aliphatic heterocycles. The Balaban J connectivity index is 2.16. The van der Waals surface area contributed by atoms with Crippen LogP contribution in [0.25, 0.3) is 10.8 Å². The van der Waals surface area contributed by atoms with Crippen LogP contribution >= 0.6 is 0 Å². The first-order valence-electron chi connectivity index (χ1n) is 7.60. The Hall–Kier alpha value is -2.36. The number of carbonyl (C=O) groups excluding carboxylic acids is 1. The number of rotatable bonds is 7. The summed E-state index contributed by atoms with van der Waals surface area (Å²) in [5.41, 5.74) is 0.932. The summed E-state index contributed by atoms with van der Waals surface area (Å²) in [6.07, 6.45) is 2.34. The van der Waals surface area contributed by atoms with Gasteiger partial charge in [-0.3, -0.25) is 4.79 Å². The smallest absolute Gasteiger partial charge is 0.326 e. The molecule has 0 saturated heterocycles. The van der Waals surface area contributed by atoms with Gasteiger partial charge < -0.3 is 10.4 Å². The van der Waals surface area contributed by atoms with Crippen LogP contribution in [0.2, 0.25) is 0 Å². The Labute approximate surface area is 130 Å². The fraction of sp³-hybridized carbons (Fsp3) is 0.333. The summed E-state index contributed by atoms with van der Waals surface area (Å²) < 4.78 is 0. The molecule has 4 heteroatoms. The predicted octanol–water partition coefficient (Wildman–Crippen LogP) is 3.14. The van der Waals surface area contributed by atoms with Gasteiger partial charge in [-0.1, -0.05) is 55.8 Å². The van der Waals surface area contributed by atoms with Gasteiger partial charge >= 0.3 is 5.97 Å². The maximum Gasteiger partial charge on any atom is 0.326 e. The van der Waals surface area contributed by atoms with E-state index in [2.05, 4.69) is 5.32 Å². The van der Waals surface area contributed by atoms with E-state index < -0.39 is 12.0 Å². The van der Waals surface area contributed by atoms with E-state index in [0.29, 0.717) is 6.42 Å². The van der Waals surface area contributed by atoms with Crippen molar-refractivity contribution in [3.8, 4) is 0 Å². The van der Waals surface area contributed by atoms with Crippen LogP contribution in [-0.4, -0.2) is 23.0 Å². The van der Waals surface area contributed by atoms with Gasteiger partial charge in [0.05, 0.1) is 0 Å². The van der Waals surface area contributed by atoms with E-state index in [-0.39, 0.29) is 12.3 Å². The number of hydrogen-bond acceptors (Lipinski definition) is 2. The van der Waals surface area contributed by atoms with Crippen molar-refractivity contribution >= 4 is 22.6 Å². The lowest BCUT2D eigenvalue weighted by atomic mass is 9.98. The summed E-state index contributed by atoms with van der Waals surface area (Å²) in [6.45, 7) is 2.00. The number of unbranched alkanes of at least 4 members (excludes halogenated alkanes) is 1. The molecule has 0 fully saturated rings. The van der Waals surface area contributed by atoms with Crippen LogP contribution in [0.3, 0.4) is 0 Å². The predicted molar refractivity (Wildman–Crippen MR) is 86.7 cm³/mol. The first-order chi connectivity index (χ1) is 10.6. The first kappa shape index (κ1) is 16.0. The number of carboxylic acids is 1. The first-order valence-corrected chi connectivity index (χ1v) is 7.60. The zero-order valence-corrected chi connectivity index (χ0v) is 12.7. The van der Waals surface area contributed by atoms with Gasteiger partial charge in [-0.25, -0.2) is 4.79 Å². The third kappa shape index (κ3) is 4.07. The van der Waals surface area contributed by atoms with Crippen molar-refractivity contribution in [3.63, 3.8) is 0 Å². The minimum absolute atomic E-state index is 0.200. The highest BCUT2D eigenvalue weighted by Gasteiger charge is 2.20. The number of carbonyl (C=O) groups is 2. The Morgan fingerprint density at radius 1 is 1.14 bits per heavy atom. The molecule has 0 saturated carbocycles. The molecule has 2 rings (SSSR count). The molecule has 1 amide bonds. The average Bonchev–Trinajstić information content (AvgIpc) is 2.52. The van der Waals surface area contributed by atoms with Gasteiger partial charge in [0, 0.05) is 12.8 Å². The van der Waals surface area contributed by atoms with Crippen LogP contribution in [0, 0.1) is 0 Å². The molecule has 4 nitrogen and oxygen atoms in total. The number of hydrogen-bond donors (Lipinski definition) is 2. The molecule has 2 aromatic carbocycles. The fourth-order valence-corrected chi connectivity index (χ4v) is 2.49. The van der Waals surface area contributed by atoms with E-state index in [1.54, 1.807) is 0 Å². The lowest BCUT2D eigenvalue weighted by Crippen LogP contribution is -2.42. The fourth-order valence-electron chi connectivity index (χ4n) is 2.49. The molecule has 22 heavy (non-hydrogen) atoms. The van der Waals surface area contributed by atoms with Crippen LogP contribution in [0.5, 0.6) is 0 Å². The van der Waals surface area contributed by atoms with Crippen molar-refractivity contribution < 1.29 is 14.7 Å². The molecule has 0 spiro atoms. The van der Waals surface area contributed by atoms with Crippen LogP contribution < -0.4 is 5.32 Å². The number of nitrogens with one attached hydrogen (secondary N) is 1. The summed E-state index contributed by atoms with van der Waals surface area (Å²) in [5.74, 6) is -1.20. The molecular formula is C18H21NO3. The number of fused-ring (bicyclic) bond motifs is 1. The largest absolute Gasteiger partial charge is 0.480 e. The second-order valence-electron chi connectivity index (χ2n) is 5.40. The third-order valence-electron chi connectivity index (χ3n) is 3.69. The Bertz CT molecular complexity index is 661. The van der Waals surface area contributed by atoms with E-state index in [1.807, 2.05) is 49.4 Å². The van der Waals surface area contributed by atoms with Gasteiger partial charge in [0.1, 0.15) is 6.04 Å². The van der Waals surface area contributed by atoms with E-state index in [0.717, 1.165) is 29.2 Å². The maximum absolute atomic E-state index is 11.8. The van der Waals surface area contributed by atoms with Crippen molar-refractivity contribution in [2.75, 3.05) is 0 Å². The van der Waals surface area contributed by atoms with E-state index in [1.165, 1.54) is 0 Å². The normalized spacial score (nSPS) is 12.0. The van der Waals surface area contributed by atoms with Crippen molar-refractivity contribution in [3.05, 3.63) is 48.0 Å². The van der Waals surface area contributed by atoms with Crippen molar-refractivity contribution in [2.24, 2.45) is 0 Å². The molecular weight excluding hydrogens is 278 g/mol. The second kappa shape index (κ2) is 7.59. The monoisotopic (exact) mass is 299 g/mol. The molecule has 116 valence electrons. The number of amides is 1. The molecule has 0 aliphatic carbocycles. The summed E-state index contributed by atoms with van der Waals surface area (Å²) >= 11 is 0. The summed E-state index contributed by atoms with van der Waals surface area (Å²) in [4.78, 5) is 23.2. The van der Waals surface area contributed by atoms with Gasteiger partial charge in [0.15, 0.2) is 0 Å². The summed E-state index contributed by atoms with van der Waals surface area (Å²) in [5, 5.41) is 14.1. The Morgan fingerprint density at radius 2 is 1.86 bits per heavy atom. The topological polar surface area (TPSA) is 66.4 Å². The van der Waals surface area contributed by atoms with Crippen molar-refractivity contribution in [1.82, 2.24) is 5.32 Å². The second-order valence-corrected chi connectivity index (χ2v) is 5.40. The highest BCUT2D eigenvalue weighted by Crippen LogP contribution is 2.20. The highest BCUT2D eigenvalue weighted by atomic mass is 16.4. The zero-order chi connectivity index (χ0) is 15.9. The SMILES string of the molecule is CCCCC(=O)NC(Cc1cccc2ccccc12)C(=O)O. The Morgan fingerprint density at radius 3 is 2.59 bits per heavy atom. The van der Waals surface area contributed by atoms with E-state index in [9.17, 15) is 14.7 Å². The maximum atomic E-state index is 11.8. The third-order valence-corrected chi connectivity index (χ3v) is 3.69. The molecule has 0 aromatic heterocycles. The van der Waals surface area contributed by atoms with E-state index >= 15 is 0 Å². The van der Waals surface area contributed by atoms with Gasteiger partial charge in [-0.15, -0.1) is 0 Å². The lowest BCUT2D eigenvalue weighted by molar-refractivity contribution is -0.141. The van der Waals surface area contributed by atoms with Gasteiger partial charge in [0.25, 0.3) is 0 Å². The molecule has 1 unspecified atom stereocenters. The number of aliphatic carboxylic acids is 1. The van der Waals surface area contributed by atoms with Crippen molar-refractivity contribution in [1.29, 1.82) is 0 Å². The number of benzene rings is 2. The zero-order valence-electron chi connectivity index (χ0n) is 12.7. The van der Waals surface area contributed by atoms with Crippen LogP contribution in [0.4, 0.5) is 0 Å². The Kier molecular flexibility index (Phi) is 5.53. The quantitative estimate of drug-likeness (QED) is 0.825. The van der Waals surface area contributed by atoms with Gasteiger partial charge in [-0.2, -0.15) is 0 Å². The molecule has 1 atom stereocenters. The summed E-state index contributed by atoms with van der Waals surface area (Å²) in [6, 6.07) is 12.8. The van der Waals surface area contributed by atoms with Crippen LogP contribution in [-0.2, 0) is 16.0 Å². The molecule has 2 N–H and O–H groups in total. The summed E-state index contributed by atoms with van der Waals surface area (Å²) in [7, 11) is 0. The lowest BCUT2D eigenvalue weighted by Gasteiger charge is -2.16. The average molecular weight is 299 g/mol. The van der Waals surface area contributed by atoms with Crippen molar-refractivity contribution in [2.45, 2.75) is 38.6 Å². The number of carboxylic acid groups (broad SMARTS) is 1. The highest BCUT2D eigenvalue weighted by molar-refractivity contribution is 5.88. The van der Waals surface area contributed by atoms with Crippen LogP contribution in [0.15, 0.2) is 42.5 Å².